The Morgan fingerprint density at radius 1 is 0.941 bits per heavy atom. The zero-order valence-electron chi connectivity index (χ0n) is 9.42. The van der Waals surface area contributed by atoms with E-state index in [0.717, 1.165) is 5.75 Å². The van der Waals surface area contributed by atoms with E-state index in [1.807, 2.05) is 29.6 Å². The van der Waals surface area contributed by atoms with Gasteiger partial charge in [0.15, 0.2) is 0 Å². The summed E-state index contributed by atoms with van der Waals surface area (Å²) in [6, 6.07) is 12.9. The maximum Gasteiger partial charge on any atom is 0.119 e. The maximum absolute atomic E-state index is 5.23. The van der Waals surface area contributed by atoms with Crippen LogP contribution >= 0.6 is 23.5 Å². The topological polar surface area (TPSA) is 9.23 Å². The zero-order valence-corrected chi connectivity index (χ0v) is 11.1. The third-order valence-corrected chi connectivity index (χ3v) is 5.27. The van der Waals surface area contributed by atoms with Gasteiger partial charge in [-0.3, -0.25) is 0 Å². The minimum Gasteiger partial charge on any atom is -0.497 e. The third kappa shape index (κ3) is 2.17. The number of hydrogen-bond donors (Lipinski definition) is 0. The fraction of sp³-hybridized carbons (Fsp3) is 0.143. The van der Waals surface area contributed by atoms with E-state index in [-0.39, 0.29) is 0 Å². The average Bonchev–Trinajstić information content (AvgIpc) is 2.91. The van der Waals surface area contributed by atoms with Crippen molar-refractivity contribution < 1.29 is 4.74 Å². The molecule has 0 N–H and O–H groups in total. The minimum atomic E-state index is 0.515. The lowest BCUT2D eigenvalue weighted by Gasteiger charge is -2.10. The summed E-state index contributed by atoms with van der Waals surface area (Å²) in [5, 5.41) is 6.83. The van der Waals surface area contributed by atoms with Gasteiger partial charge in [0.1, 0.15) is 5.75 Å². The number of methoxy groups -OCH3 is 1. The van der Waals surface area contributed by atoms with Gasteiger partial charge < -0.3 is 4.74 Å². The standard InChI is InChI=1S/C14H12OS2/c1-15-13-5-4-10-8-12(3-2-11(10)9-13)14-16-6-7-17-14/h2-9,14H,1H3. The van der Waals surface area contributed by atoms with Crippen molar-refractivity contribution in [2.45, 2.75) is 4.58 Å². The molecule has 0 unspecified atom stereocenters. The van der Waals surface area contributed by atoms with E-state index in [2.05, 4.69) is 41.1 Å². The molecule has 0 saturated heterocycles. The number of thioether (sulfide) groups is 2. The van der Waals surface area contributed by atoms with Gasteiger partial charge in [-0.05, 0) is 45.4 Å². The fourth-order valence-corrected chi connectivity index (χ4v) is 3.96. The highest BCUT2D eigenvalue weighted by Gasteiger charge is 2.14. The summed E-state index contributed by atoms with van der Waals surface area (Å²) in [5.41, 5.74) is 1.38. The molecule has 0 spiro atoms. The zero-order chi connectivity index (χ0) is 11.7. The van der Waals surface area contributed by atoms with E-state index in [1.54, 1.807) is 7.11 Å². The van der Waals surface area contributed by atoms with Crippen LogP contribution in [0.5, 0.6) is 5.75 Å². The molecule has 1 nitrogen and oxygen atoms in total. The van der Waals surface area contributed by atoms with E-state index >= 15 is 0 Å². The van der Waals surface area contributed by atoms with Crippen LogP contribution in [-0.2, 0) is 0 Å². The van der Waals surface area contributed by atoms with E-state index in [0.29, 0.717) is 4.58 Å². The number of benzene rings is 2. The largest absolute Gasteiger partial charge is 0.497 e. The van der Waals surface area contributed by atoms with Crippen molar-refractivity contribution in [1.82, 2.24) is 0 Å². The van der Waals surface area contributed by atoms with E-state index in [9.17, 15) is 0 Å². The minimum absolute atomic E-state index is 0.515. The molecule has 0 aliphatic carbocycles. The summed E-state index contributed by atoms with van der Waals surface area (Å²) >= 11 is 3.74. The average molecular weight is 260 g/mol. The Labute approximate surface area is 109 Å². The van der Waals surface area contributed by atoms with Crippen LogP contribution in [0.4, 0.5) is 0 Å². The van der Waals surface area contributed by atoms with E-state index < -0.39 is 0 Å². The molecule has 0 atom stereocenters. The monoisotopic (exact) mass is 260 g/mol. The first kappa shape index (κ1) is 11.1. The predicted octanol–water partition coefficient (Wildman–Crippen LogP) is 4.80. The van der Waals surface area contributed by atoms with Crippen molar-refractivity contribution in [3.63, 3.8) is 0 Å². The van der Waals surface area contributed by atoms with Gasteiger partial charge in [0.2, 0.25) is 0 Å². The van der Waals surface area contributed by atoms with Crippen molar-refractivity contribution in [3.05, 3.63) is 52.8 Å². The van der Waals surface area contributed by atoms with E-state index in [1.165, 1.54) is 16.3 Å². The molecule has 1 heterocycles. The maximum atomic E-state index is 5.23. The van der Waals surface area contributed by atoms with Gasteiger partial charge in [0.05, 0.1) is 11.7 Å². The molecule has 0 saturated carbocycles. The molecule has 3 rings (SSSR count). The van der Waals surface area contributed by atoms with Crippen LogP contribution in [0, 0.1) is 0 Å². The lowest BCUT2D eigenvalue weighted by molar-refractivity contribution is 0.415. The highest BCUT2D eigenvalue weighted by Crippen LogP contribution is 2.46. The first-order chi connectivity index (χ1) is 8.36. The van der Waals surface area contributed by atoms with Gasteiger partial charge in [-0.25, -0.2) is 0 Å². The van der Waals surface area contributed by atoms with Crippen molar-refractivity contribution >= 4 is 34.3 Å². The SMILES string of the molecule is COc1ccc2cc(C3SC=CS3)ccc2c1. The van der Waals surface area contributed by atoms with Crippen LogP contribution in [-0.4, -0.2) is 7.11 Å². The Morgan fingerprint density at radius 2 is 1.65 bits per heavy atom. The molecule has 86 valence electrons. The molecule has 1 aliphatic rings. The summed E-state index contributed by atoms with van der Waals surface area (Å²) in [6.45, 7) is 0. The van der Waals surface area contributed by atoms with Crippen LogP contribution < -0.4 is 4.74 Å². The third-order valence-electron chi connectivity index (χ3n) is 2.80. The Morgan fingerprint density at radius 3 is 2.41 bits per heavy atom. The Balaban J connectivity index is 2.01. The number of rotatable bonds is 2. The lowest BCUT2D eigenvalue weighted by Crippen LogP contribution is -1.86. The van der Waals surface area contributed by atoms with Gasteiger partial charge in [-0.15, -0.1) is 23.5 Å². The first-order valence-electron chi connectivity index (χ1n) is 5.40. The van der Waals surface area contributed by atoms with Gasteiger partial charge in [-0.2, -0.15) is 0 Å². The van der Waals surface area contributed by atoms with Crippen LogP contribution in [0.1, 0.15) is 10.1 Å². The molecule has 0 fully saturated rings. The van der Waals surface area contributed by atoms with Crippen molar-refractivity contribution in [2.75, 3.05) is 7.11 Å². The van der Waals surface area contributed by atoms with Gasteiger partial charge in [0, 0.05) is 0 Å². The second kappa shape index (κ2) is 4.67. The molecular weight excluding hydrogens is 248 g/mol. The van der Waals surface area contributed by atoms with E-state index in [4.69, 9.17) is 4.74 Å². The normalized spacial score (nSPS) is 15.6. The highest BCUT2D eigenvalue weighted by atomic mass is 32.2. The fourth-order valence-electron chi connectivity index (χ4n) is 1.91. The molecule has 0 amide bonds. The quantitative estimate of drug-likeness (QED) is 0.767. The number of hydrogen-bond acceptors (Lipinski definition) is 3. The van der Waals surface area contributed by atoms with Crippen LogP contribution in [0.25, 0.3) is 10.8 Å². The molecule has 2 aromatic carbocycles. The summed E-state index contributed by atoms with van der Waals surface area (Å²) in [7, 11) is 1.70. The summed E-state index contributed by atoms with van der Waals surface area (Å²) in [4.78, 5) is 0. The van der Waals surface area contributed by atoms with Crippen molar-refractivity contribution in [3.8, 4) is 5.75 Å². The molecule has 1 aliphatic heterocycles. The van der Waals surface area contributed by atoms with Gasteiger partial charge in [-0.1, -0.05) is 18.2 Å². The number of ether oxygens (including phenoxy) is 1. The molecule has 0 radical (unpaired) electrons. The highest BCUT2D eigenvalue weighted by molar-refractivity contribution is 8.21. The summed E-state index contributed by atoms with van der Waals surface area (Å²) in [5.74, 6) is 0.913. The first-order valence-corrected chi connectivity index (χ1v) is 7.29. The molecule has 3 heteroatoms. The number of fused-ring (bicyclic) bond motifs is 1. The van der Waals surface area contributed by atoms with Gasteiger partial charge in [0.25, 0.3) is 0 Å². The predicted molar refractivity (Wildman–Crippen MR) is 77.6 cm³/mol. The molecule has 0 aromatic heterocycles. The second-order valence-electron chi connectivity index (χ2n) is 3.85. The molecule has 2 aromatic rings. The lowest BCUT2D eigenvalue weighted by atomic mass is 10.1. The molecule has 0 bridgehead atoms. The van der Waals surface area contributed by atoms with Gasteiger partial charge >= 0.3 is 0 Å². The smallest absolute Gasteiger partial charge is 0.119 e. The Kier molecular flexibility index (Phi) is 3.04. The second-order valence-corrected chi connectivity index (χ2v) is 6.18. The van der Waals surface area contributed by atoms with Crippen LogP contribution in [0.3, 0.4) is 0 Å². The van der Waals surface area contributed by atoms with Crippen molar-refractivity contribution in [2.24, 2.45) is 0 Å². The van der Waals surface area contributed by atoms with Crippen LogP contribution in [0.15, 0.2) is 47.2 Å². The summed E-state index contributed by atoms with van der Waals surface area (Å²) in [6.07, 6.45) is 0. The van der Waals surface area contributed by atoms with Crippen molar-refractivity contribution in [1.29, 1.82) is 0 Å². The summed E-state index contributed by atoms with van der Waals surface area (Å²) < 4.78 is 5.75. The Hall–Kier alpha value is -1.06. The van der Waals surface area contributed by atoms with Crippen LogP contribution in [0.2, 0.25) is 0 Å². The molecular formula is C14H12OS2. The molecule has 17 heavy (non-hydrogen) atoms. The Bertz CT molecular complexity index is 569.